The van der Waals surface area contributed by atoms with E-state index >= 15 is 0 Å². The van der Waals surface area contributed by atoms with Crippen molar-refractivity contribution in [1.82, 2.24) is 0 Å². The van der Waals surface area contributed by atoms with E-state index in [0.717, 1.165) is 44.6 Å². The third-order valence-electron chi connectivity index (χ3n) is 11.0. The van der Waals surface area contributed by atoms with Gasteiger partial charge in [-0.15, -0.1) is 0 Å². The lowest BCUT2D eigenvalue weighted by atomic mass is 9.66. The van der Waals surface area contributed by atoms with E-state index in [-0.39, 0.29) is 0 Å². The van der Waals surface area contributed by atoms with E-state index in [4.69, 9.17) is 9.15 Å². The average molecular weight is 651 g/mol. The first-order chi connectivity index (χ1) is 25.3. The SMILES string of the molecule is c1ccc2c(c1)Oc1cc(-c3ccc(-c4ccc(-c5cccc6oc7ccccc7c56)cc4)cc3)ccc1C21c2ccccc2-c2ccccc21. The van der Waals surface area contributed by atoms with Gasteiger partial charge < -0.3 is 9.15 Å². The summed E-state index contributed by atoms with van der Waals surface area (Å²) >= 11 is 0. The molecule has 0 saturated heterocycles. The Kier molecular flexibility index (Phi) is 5.91. The van der Waals surface area contributed by atoms with E-state index in [9.17, 15) is 0 Å². The summed E-state index contributed by atoms with van der Waals surface area (Å²) in [5, 5.41) is 2.31. The summed E-state index contributed by atoms with van der Waals surface area (Å²) in [6.07, 6.45) is 0. The van der Waals surface area contributed by atoms with Crippen LogP contribution in [0.3, 0.4) is 0 Å². The Labute approximate surface area is 295 Å². The predicted molar refractivity (Wildman–Crippen MR) is 207 cm³/mol. The average Bonchev–Trinajstić information content (AvgIpc) is 3.72. The number of rotatable bonds is 3. The molecular formula is C49H30O2. The lowest BCUT2D eigenvalue weighted by molar-refractivity contribution is 0.436. The molecule has 2 heteroatoms. The zero-order chi connectivity index (χ0) is 33.5. The Bertz CT molecular complexity index is 2770. The molecule has 2 aliphatic rings. The zero-order valence-corrected chi connectivity index (χ0v) is 27.6. The monoisotopic (exact) mass is 650 g/mol. The molecule has 0 radical (unpaired) electrons. The van der Waals surface area contributed by atoms with E-state index in [2.05, 4.69) is 164 Å². The van der Waals surface area contributed by atoms with Crippen LogP contribution in [0.5, 0.6) is 11.5 Å². The van der Waals surface area contributed by atoms with E-state index in [1.165, 1.54) is 55.6 Å². The molecule has 1 aliphatic heterocycles. The van der Waals surface area contributed by atoms with Gasteiger partial charge in [-0.2, -0.15) is 0 Å². The first-order valence-corrected chi connectivity index (χ1v) is 17.5. The van der Waals surface area contributed by atoms with Crippen LogP contribution in [-0.4, -0.2) is 0 Å². The molecule has 0 saturated carbocycles. The van der Waals surface area contributed by atoms with Crippen molar-refractivity contribution in [2.45, 2.75) is 5.41 Å². The molecule has 9 aromatic rings. The molecule has 0 amide bonds. The van der Waals surface area contributed by atoms with Crippen molar-refractivity contribution in [3.63, 3.8) is 0 Å². The first-order valence-electron chi connectivity index (χ1n) is 17.5. The largest absolute Gasteiger partial charge is 0.457 e. The van der Waals surface area contributed by atoms with Gasteiger partial charge in [0.2, 0.25) is 0 Å². The summed E-state index contributed by atoms with van der Waals surface area (Å²) in [4.78, 5) is 0. The molecule has 0 N–H and O–H groups in total. The standard InChI is InChI=1S/C49H30O2/c1-4-14-40-37(10-1)38-11-2-5-15-41(38)49(40)42-16-6-8-18-45(42)51-47-30-35(28-29-43(47)49)33-22-20-31(21-23-33)32-24-26-34(27-25-32)36-13-9-19-46-48(36)39-12-3-7-17-44(39)50-46/h1-30H. The van der Waals surface area contributed by atoms with Gasteiger partial charge in [-0.1, -0.05) is 158 Å². The van der Waals surface area contributed by atoms with Crippen LogP contribution in [0.15, 0.2) is 186 Å². The quantitative estimate of drug-likeness (QED) is 0.190. The molecule has 8 aromatic carbocycles. The summed E-state index contributed by atoms with van der Waals surface area (Å²) in [7, 11) is 0. The third-order valence-corrected chi connectivity index (χ3v) is 11.0. The molecule has 1 spiro atoms. The summed E-state index contributed by atoms with van der Waals surface area (Å²) < 4.78 is 12.9. The summed E-state index contributed by atoms with van der Waals surface area (Å²) in [6, 6.07) is 65.3. The smallest absolute Gasteiger partial charge is 0.136 e. The van der Waals surface area contributed by atoms with Gasteiger partial charge >= 0.3 is 0 Å². The van der Waals surface area contributed by atoms with Gasteiger partial charge in [0, 0.05) is 21.9 Å². The highest BCUT2D eigenvalue weighted by atomic mass is 16.5. The number of furan rings is 1. The highest BCUT2D eigenvalue weighted by Crippen LogP contribution is 2.62. The number of fused-ring (bicyclic) bond motifs is 12. The van der Waals surface area contributed by atoms with Crippen LogP contribution in [0.1, 0.15) is 22.3 Å². The van der Waals surface area contributed by atoms with Gasteiger partial charge in [0.05, 0.1) is 5.41 Å². The van der Waals surface area contributed by atoms with E-state index in [1.54, 1.807) is 0 Å². The van der Waals surface area contributed by atoms with Crippen molar-refractivity contribution >= 4 is 21.9 Å². The van der Waals surface area contributed by atoms with Gasteiger partial charge in [-0.05, 0) is 79.9 Å². The second-order valence-electron chi connectivity index (χ2n) is 13.6. The van der Waals surface area contributed by atoms with Crippen LogP contribution in [0.25, 0.3) is 66.4 Å². The zero-order valence-electron chi connectivity index (χ0n) is 27.6. The molecule has 1 aromatic heterocycles. The molecule has 2 heterocycles. The van der Waals surface area contributed by atoms with Crippen molar-refractivity contribution in [3.8, 4) is 56.0 Å². The molecule has 0 atom stereocenters. The van der Waals surface area contributed by atoms with Crippen molar-refractivity contribution in [1.29, 1.82) is 0 Å². The fourth-order valence-electron chi connectivity index (χ4n) is 8.75. The Hall–Kier alpha value is -6.64. The molecule has 0 bridgehead atoms. The van der Waals surface area contributed by atoms with Crippen LogP contribution >= 0.6 is 0 Å². The fraction of sp³-hybridized carbons (Fsp3) is 0.0204. The van der Waals surface area contributed by atoms with Crippen molar-refractivity contribution in [3.05, 3.63) is 204 Å². The van der Waals surface area contributed by atoms with E-state index < -0.39 is 5.41 Å². The van der Waals surface area contributed by atoms with Gasteiger partial charge in [-0.3, -0.25) is 0 Å². The van der Waals surface area contributed by atoms with Crippen LogP contribution in [-0.2, 0) is 5.41 Å². The lowest BCUT2D eigenvalue weighted by Gasteiger charge is -2.39. The number of benzene rings is 8. The van der Waals surface area contributed by atoms with Gasteiger partial charge in [0.25, 0.3) is 0 Å². The van der Waals surface area contributed by atoms with Gasteiger partial charge in [0.1, 0.15) is 22.7 Å². The minimum Gasteiger partial charge on any atom is -0.457 e. The predicted octanol–water partition coefficient (Wildman–Crippen LogP) is 13.1. The number of hydrogen-bond donors (Lipinski definition) is 0. The Balaban J connectivity index is 0.960. The normalized spacial score (nSPS) is 13.4. The molecule has 0 fully saturated rings. The second kappa shape index (κ2) is 10.7. The fourth-order valence-corrected chi connectivity index (χ4v) is 8.75. The second-order valence-corrected chi connectivity index (χ2v) is 13.6. The number of ether oxygens (including phenoxy) is 1. The third kappa shape index (κ3) is 3.99. The van der Waals surface area contributed by atoms with Crippen molar-refractivity contribution in [2.24, 2.45) is 0 Å². The highest BCUT2D eigenvalue weighted by Gasteiger charge is 2.50. The van der Waals surface area contributed by atoms with Crippen molar-refractivity contribution < 1.29 is 9.15 Å². The molecule has 51 heavy (non-hydrogen) atoms. The Morgan fingerprint density at radius 1 is 0.333 bits per heavy atom. The summed E-state index contributed by atoms with van der Waals surface area (Å²) in [5.74, 6) is 1.81. The maximum Gasteiger partial charge on any atom is 0.136 e. The van der Waals surface area contributed by atoms with Gasteiger partial charge in [0.15, 0.2) is 0 Å². The topological polar surface area (TPSA) is 22.4 Å². The van der Waals surface area contributed by atoms with Crippen LogP contribution in [0.4, 0.5) is 0 Å². The lowest BCUT2D eigenvalue weighted by Crippen LogP contribution is -2.32. The summed E-state index contributed by atoms with van der Waals surface area (Å²) in [5.41, 5.74) is 15.9. The molecule has 2 nitrogen and oxygen atoms in total. The van der Waals surface area contributed by atoms with Crippen LogP contribution in [0, 0.1) is 0 Å². The molecule has 0 unspecified atom stereocenters. The van der Waals surface area contributed by atoms with Crippen molar-refractivity contribution in [2.75, 3.05) is 0 Å². The van der Waals surface area contributed by atoms with Gasteiger partial charge in [-0.25, -0.2) is 0 Å². The first kappa shape index (κ1) is 28.2. The maximum atomic E-state index is 6.74. The minimum absolute atomic E-state index is 0.442. The maximum absolute atomic E-state index is 6.74. The van der Waals surface area contributed by atoms with Crippen LogP contribution in [0.2, 0.25) is 0 Å². The number of para-hydroxylation sites is 2. The van der Waals surface area contributed by atoms with E-state index in [0.29, 0.717) is 0 Å². The molecular weight excluding hydrogens is 621 g/mol. The Morgan fingerprint density at radius 3 is 1.57 bits per heavy atom. The van der Waals surface area contributed by atoms with E-state index in [1.807, 2.05) is 18.2 Å². The molecule has 11 rings (SSSR count). The Morgan fingerprint density at radius 2 is 0.843 bits per heavy atom. The highest BCUT2D eigenvalue weighted by molar-refractivity contribution is 6.12. The molecule has 1 aliphatic carbocycles. The number of hydrogen-bond acceptors (Lipinski definition) is 2. The minimum atomic E-state index is -0.442. The van der Waals surface area contributed by atoms with Crippen LogP contribution < -0.4 is 4.74 Å². The molecule has 238 valence electrons. The summed E-state index contributed by atoms with van der Waals surface area (Å²) in [6.45, 7) is 0.